The highest BCUT2D eigenvalue weighted by Crippen LogP contribution is 2.40. The first-order valence-electron chi connectivity index (χ1n) is 12.4. The summed E-state index contributed by atoms with van der Waals surface area (Å²) >= 11 is 1.24. The second-order valence-corrected chi connectivity index (χ2v) is 9.72. The van der Waals surface area contributed by atoms with Gasteiger partial charge in [0.15, 0.2) is 11.5 Å². The Morgan fingerprint density at radius 1 is 1.02 bits per heavy atom. The predicted octanol–water partition coefficient (Wildman–Crippen LogP) is 4.12. The van der Waals surface area contributed by atoms with E-state index >= 15 is 0 Å². The van der Waals surface area contributed by atoms with Crippen molar-refractivity contribution in [1.82, 2.24) is 5.43 Å². The van der Waals surface area contributed by atoms with Gasteiger partial charge in [0.05, 0.1) is 41.4 Å². The van der Waals surface area contributed by atoms with Gasteiger partial charge < -0.3 is 19.5 Å². The van der Waals surface area contributed by atoms with Crippen LogP contribution in [0.2, 0.25) is 0 Å². The number of esters is 1. The first kappa shape index (κ1) is 29.6. The zero-order chi connectivity index (χ0) is 30.4. The largest absolute Gasteiger partial charge is 0.493 e. The van der Waals surface area contributed by atoms with E-state index in [9.17, 15) is 34.6 Å². The molecule has 0 fully saturated rings. The number of anilines is 1. The number of carbonyl (C=O) groups excluding carboxylic acids is 3. The summed E-state index contributed by atoms with van der Waals surface area (Å²) in [6, 6.07) is 7.30. The molecule has 0 saturated carbocycles. The Bertz CT molecular complexity index is 1620. The minimum atomic E-state index is -1.08. The Labute approximate surface area is 241 Å². The van der Waals surface area contributed by atoms with Crippen LogP contribution < -0.4 is 20.2 Å². The molecule has 1 heterocycles. The maximum atomic E-state index is 12.5. The Kier molecular flexibility index (Phi) is 9.06. The van der Waals surface area contributed by atoms with Gasteiger partial charge in [-0.05, 0) is 61.6 Å². The molecule has 2 aromatic carbocycles. The van der Waals surface area contributed by atoms with Crippen molar-refractivity contribution >= 4 is 51.7 Å². The summed E-state index contributed by atoms with van der Waals surface area (Å²) in [5.74, 6) is -2.71. The molecule has 0 aliphatic heterocycles. The van der Waals surface area contributed by atoms with Gasteiger partial charge in [0, 0.05) is 10.9 Å². The molecular formula is C26H23N5O10S. The van der Waals surface area contributed by atoms with Gasteiger partial charge in [-0.1, -0.05) is 0 Å². The van der Waals surface area contributed by atoms with Crippen LogP contribution in [0, 0.1) is 20.2 Å². The Balaban J connectivity index is 1.43. The van der Waals surface area contributed by atoms with E-state index in [0.717, 1.165) is 41.5 Å². The van der Waals surface area contributed by atoms with Gasteiger partial charge in [0.2, 0.25) is 5.75 Å². The summed E-state index contributed by atoms with van der Waals surface area (Å²) in [7, 11) is 1.32. The lowest BCUT2D eigenvalue weighted by atomic mass is 10.1. The number of nitrogens with zero attached hydrogens (tertiary/aromatic N) is 3. The van der Waals surface area contributed by atoms with Crippen LogP contribution in [0.25, 0.3) is 0 Å². The topological polar surface area (TPSA) is 202 Å². The number of amides is 2. The molecule has 0 radical (unpaired) electrons. The van der Waals surface area contributed by atoms with E-state index in [-0.39, 0.29) is 34.4 Å². The molecule has 2 amide bonds. The van der Waals surface area contributed by atoms with Crippen LogP contribution in [0.3, 0.4) is 0 Å². The lowest BCUT2D eigenvalue weighted by Gasteiger charge is -2.11. The van der Waals surface area contributed by atoms with Crippen molar-refractivity contribution in [3.63, 3.8) is 0 Å². The molecule has 1 aliphatic carbocycles. The maximum Gasteiger partial charge on any atom is 0.341 e. The summed E-state index contributed by atoms with van der Waals surface area (Å²) in [5.41, 5.74) is 2.52. The molecule has 0 bridgehead atoms. The Morgan fingerprint density at radius 3 is 2.48 bits per heavy atom. The van der Waals surface area contributed by atoms with Crippen molar-refractivity contribution in [3.8, 4) is 17.2 Å². The minimum absolute atomic E-state index is 0.0651. The van der Waals surface area contributed by atoms with Crippen LogP contribution in [0.15, 0.2) is 41.5 Å². The van der Waals surface area contributed by atoms with Gasteiger partial charge in [0.1, 0.15) is 5.00 Å². The zero-order valence-corrected chi connectivity index (χ0v) is 23.0. The highest BCUT2D eigenvalue weighted by atomic mass is 32.1. The van der Waals surface area contributed by atoms with Crippen molar-refractivity contribution in [1.29, 1.82) is 0 Å². The molecule has 1 aromatic heterocycles. The predicted molar refractivity (Wildman–Crippen MR) is 149 cm³/mol. The number of carbonyl (C=O) groups is 3. The average molecular weight is 598 g/mol. The van der Waals surface area contributed by atoms with E-state index in [4.69, 9.17) is 14.2 Å². The third-order valence-corrected chi connectivity index (χ3v) is 7.18. The second-order valence-electron chi connectivity index (χ2n) is 8.61. The minimum Gasteiger partial charge on any atom is -0.493 e. The van der Waals surface area contributed by atoms with E-state index in [1.807, 2.05) is 0 Å². The first-order valence-corrected chi connectivity index (χ1v) is 13.2. The summed E-state index contributed by atoms with van der Waals surface area (Å²) < 4.78 is 16.0. The van der Waals surface area contributed by atoms with Crippen molar-refractivity contribution in [2.75, 3.05) is 19.0 Å². The number of hydrazone groups is 1. The number of ether oxygens (including phenoxy) is 3. The summed E-state index contributed by atoms with van der Waals surface area (Å²) in [6.07, 6.45) is 3.57. The number of hydrogen-bond acceptors (Lipinski definition) is 12. The van der Waals surface area contributed by atoms with E-state index in [1.165, 1.54) is 42.9 Å². The van der Waals surface area contributed by atoms with Crippen LogP contribution >= 0.6 is 11.3 Å². The average Bonchev–Trinajstić information content (AvgIpc) is 3.54. The number of aryl methyl sites for hydroxylation is 1. The lowest BCUT2D eigenvalue weighted by molar-refractivity contribution is -0.394. The number of nitrogens with one attached hydrogen (secondary N) is 2. The van der Waals surface area contributed by atoms with Gasteiger partial charge in [0.25, 0.3) is 5.69 Å². The summed E-state index contributed by atoms with van der Waals surface area (Å²) in [6.45, 7) is 1.84. The Morgan fingerprint density at radius 2 is 1.79 bits per heavy atom. The molecule has 16 heteroatoms. The van der Waals surface area contributed by atoms with Gasteiger partial charge in [-0.25, -0.2) is 10.2 Å². The molecule has 2 N–H and O–H groups in total. The standard InChI is InChI=1S/C26H23N5O10S/c1-3-40-26(34)22-16-5-4-6-21(16)42-25(22)28-23(32)24(33)29-27-13-14-7-9-19(20(11-14)39-2)41-18-10-8-15(30(35)36)12-17(18)31(37)38/h7-13H,3-6H2,1-2H3,(H,28,32)(H,29,33)/b27-13+. The van der Waals surface area contributed by atoms with Gasteiger partial charge in [-0.2, -0.15) is 5.10 Å². The van der Waals surface area contributed by atoms with E-state index in [2.05, 4.69) is 15.8 Å². The van der Waals surface area contributed by atoms with Crippen LogP contribution in [0.4, 0.5) is 16.4 Å². The number of nitro groups is 2. The lowest BCUT2D eigenvalue weighted by Crippen LogP contribution is -2.32. The van der Waals surface area contributed by atoms with Crippen LogP contribution in [-0.2, 0) is 27.2 Å². The van der Waals surface area contributed by atoms with Gasteiger partial charge >= 0.3 is 23.5 Å². The molecule has 218 valence electrons. The quantitative estimate of drug-likeness (QED) is 0.113. The number of nitro benzene ring substituents is 2. The van der Waals surface area contributed by atoms with Crippen LogP contribution in [0.5, 0.6) is 17.2 Å². The van der Waals surface area contributed by atoms with Crippen molar-refractivity contribution in [2.45, 2.75) is 26.2 Å². The fraction of sp³-hybridized carbons (Fsp3) is 0.231. The maximum absolute atomic E-state index is 12.5. The number of benzene rings is 2. The van der Waals surface area contributed by atoms with Crippen molar-refractivity contribution in [3.05, 3.63) is 78.2 Å². The van der Waals surface area contributed by atoms with Crippen LogP contribution in [-0.4, -0.2) is 47.6 Å². The fourth-order valence-electron chi connectivity index (χ4n) is 4.10. The zero-order valence-electron chi connectivity index (χ0n) is 22.2. The number of hydrogen-bond donors (Lipinski definition) is 2. The van der Waals surface area contributed by atoms with Crippen LogP contribution in [0.1, 0.15) is 39.7 Å². The molecule has 0 spiro atoms. The molecule has 1 aliphatic rings. The summed E-state index contributed by atoms with van der Waals surface area (Å²) in [5, 5.41) is 28.8. The number of methoxy groups -OCH3 is 1. The van der Waals surface area contributed by atoms with Gasteiger partial charge in [-0.15, -0.1) is 11.3 Å². The third-order valence-electron chi connectivity index (χ3n) is 5.97. The highest BCUT2D eigenvalue weighted by molar-refractivity contribution is 7.17. The van der Waals surface area contributed by atoms with Gasteiger partial charge in [-0.3, -0.25) is 29.8 Å². The molecule has 42 heavy (non-hydrogen) atoms. The molecule has 0 atom stereocenters. The molecule has 3 aromatic rings. The van der Waals surface area contributed by atoms with E-state index in [1.54, 1.807) is 6.92 Å². The Hall–Kier alpha value is -5.38. The number of fused-ring (bicyclic) bond motifs is 1. The highest BCUT2D eigenvalue weighted by Gasteiger charge is 2.29. The smallest absolute Gasteiger partial charge is 0.341 e. The summed E-state index contributed by atoms with van der Waals surface area (Å²) in [4.78, 5) is 59.1. The second kappa shape index (κ2) is 12.9. The van der Waals surface area contributed by atoms with E-state index in [0.29, 0.717) is 12.0 Å². The number of rotatable bonds is 10. The molecular weight excluding hydrogens is 574 g/mol. The third kappa shape index (κ3) is 6.49. The number of thiophene rings is 1. The van der Waals surface area contributed by atoms with Crippen molar-refractivity contribution in [2.24, 2.45) is 5.10 Å². The monoisotopic (exact) mass is 597 g/mol. The normalized spacial score (nSPS) is 12.0. The molecule has 0 saturated heterocycles. The van der Waals surface area contributed by atoms with E-state index < -0.39 is 39.0 Å². The van der Waals surface area contributed by atoms with Crippen molar-refractivity contribution < 1.29 is 38.4 Å². The molecule has 15 nitrogen and oxygen atoms in total. The SMILES string of the molecule is CCOC(=O)c1c(NC(=O)C(=O)N/N=C/c2ccc(Oc3ccc([N+](=O)[O-])cc3[N+](=O)[O-])c(OC)c2)sc2c1CCC2. The molecule has 4 rings (SSSR count). The fourth-order valence-corrected chi connectivity index (χ4v) is 5.38. The number of non-ortho nitro benzene ring substituents is 1. The first-order chi connectivity index (χ1) is 20.1. The molecule has 0 unspecified atom stereocenters.